The van der Waals surface area contributed by atoms with Crippen molar-refractivity contribution in [2.45, 2.75) is 19.4 Å². The molecule has 2 amide bonds. The molecule has 126 valence electrons. The second-order valence-corrected chi connectivity index (χ2v) is 5.57. The lowest BCUT2D eigenvalue weighted by molar-refractivity contribution is -0.123. The van der Waals surface area contributed by atoms with Crippen LogP contribution in [0.25, 0.3) is 0 Å². The lowest BCUT2D eigenvalue weighted by Gasteiger charge is -2.16. The zero-order chi connectivity index (χ0) is 16.9. The van der Waals surface area contributed by atoms with E-state index in [0.717, 1.165) is 18.7 Å². The summed E-state index contributed by atoms with van der Waals surface area (Å²) in [5.74, 6) is 1.16. The molecule has 2 aromatic rings. The number of amides is 2. The number of hydrogen-bond acceptors (Lipinski definition) is 5. The summed E-state index contributed by atoms with van der Waals surface area (Å²) < 4.78 is 7.19. The molecule has 8 heteroatoms. The number of benzene rings is 1. The molecular weight excluding hydrogens is 310 g/mol. The van der Waals surface area contributed by atoms with E-state index in [1.807, 2.05) is 19.2 Å². The lowest BCUT2D eigenvalue weighted by Crippen LogP contribution is -2.29. The number of nitrogens with one attached hydrogen (secondary N) is 1. The third-order valence-corrected chi connectivity index (χ3v) is 3.84. The summed E-state index contributed by atoms with van der Waals surface area (Å²) in [5, 5.41) is 10.3. The van der Waals surface area contributed by atoms with Crippen LogP contribution in [-0.4, -0.2) is 39.7 Å². The molecule has 24 heavy (non-hydrogen) atoms. The molecule has 8 nitrogen and oxygen atoms in total. The number of rotatable bonds is 6. The van der Waals surface area contributed by atoms with Gasteiger partial charge in [0.25, 0.3) is 5.91 Å². The minimum Gasteiger partial charge on any atom is -0.484 e. The molecule has 0 atom stereocenters. The highest BCUT2D eigenvalue weighted by atomic mass is 16.5. The zero-order valence-electron chi connectivity index (χ0n) is 13.4. The molecule has 0 aliphatic carbocycles. The fraction of sp³-hybridized carbons (Fsp3) is 0.375. The van der Waals surface area contributed by atoms with E-state index in [9.17, 15) is 9.59 Å². The first-order chi connectivity index (χ1) is 11.6. The molecule has 3 rings (SSSR count). The van der Waals surface area contributed by atoms with E-state index >= 15 is 0 Å². The second-order valence-electron chi connectivity index (χ2n) is 5.57. The summed E-state index contributed by atoms with van der Waals surface area (Å²) in [7, 11) is 1.81. The first-order valence-electron chi connectivity index (χ1n) is 7.76. The van der Waals surface area contributed by atoms with Crippen LogP contribution < -0.4 is 15.0 Å². The van der Waals surface area contributed by atoms with Gasteiger partial charge in [-0.25, -0.2) is 0 Å². The third kappa shape index (κ3) is 3.70. The molecule has 1 aromatic heterocycles. The summed E-state index contributed by atoms with van der Waals surface area (Å²) in [6.07, 6.45) is 3.07. The highest BCUT2D eigenvalue weighted by Crippen LogP contribution is 2.23. The van der Waals surface area contributed by atoms with Crippen molar-refractivity contribution in [2.75, 3.05) is 18.1 Å². The fourth-order valence-electron chi connectivity index (χ4n) is 2.49. The van der Waals surface area contributed by atoms with Crippen molar-refractivity contribution in [3.8, 4) is 5.75 Å². The molecule has 1 saturated heterocycles. The number of ether oxygens (including phenoxy) is 1. The highest BCUT2D eigenvalue weighted by Gasteiger charge is 2.21. The number of carbonyl (C=O) groups excluding carboxylic acids is 2. The van der Waals surface area contributed by atoms with Gasteiger partial charge in [-0.1, -0.05) is 0 Å². The predicted octanol–water partition coefficient (Wildman–Crippen LogP) is 0.637. The van der Waals surface area contributed by atoms with Gasteiger partial charge in [-0.3, -0.25) is 9.59 Å². The molecule has 2 heterocycles. The Morgan fingerprint density at radius 2 is 2.12 bits per heavy atom. The van der Waals surface area contributed by atoms with Crippen LogP contribution in [0.15, 0.2) is 30.6 Å². The van der Waals surface area contributed by atoms with E-state index in [1.54, 1.807) is 27.9 Å². The molecule has 0 saturated carbocycles. The summed E-state index contributed by atoms with van der Waals surface area (Å²) in [6, 6.07) is 7.18. The Labute approximate surface area is 139 Å². The van der Waals surface area contributed by atoms with E-state index in [4.69, 9.17) is 4.74 Å². The normalized spacial score (nSPS) is 14.0. The van der Waals surface area contributed by atoms with Crippen LogP contribution in [0.1, 0.15) is 18.7 Å². The summed E-state index contributed by atoms with van der Waals surface area (Å²) in [4.78, 5) is 25.3. The van der Waals surface area contributed by atoms with Gasteiger partial charge in [0.15, 0.2) is 12.4 Å². The zero-order valence-corrected chi connectivity index (χ0v) is 13.4. The van der Waals surface area contributed by atoms with Crippen LogP contribution in [0.5, 0.6) is 5.75 Å². The van der Waals surface area contributed by atoms with Gasteiger partial charge in [-0.2, -0.15) is 0 Å². The summed E-state index contributed by atoms with van der Waals surface area (Å²) in [6.45, 7) is 0.970. The first-order valence-corrected chi connectivity index (χ1v) is 7.76. The van der Waals surface area contributed by atoms with Gasteiger partial charge in [0.1, 0.15) is 12.1 Å². The Hall–Kier alpha value is -2.90. The molecule has 0 spiro atoms. The standard InChI is InChI=1S/C16H19N5O3/c1-20-11-18-19-14(20)9-17-15(22)10-24-13-6-4-12(5-7-13)21-8-2-3-16(21)23/h4-7,11H,2-3,8-10H2,1H3,(H,17,22). The Bertz CT molecular complexity index is 726. The Morgan fingerprint density at radius 1 is 1.33 bits per heavy atom. The van der Waals surface area contributed by atoms with Gasteiger partial charge >= 0.3 is 0 Å². The van der Waals surface area contributed by atoms with Crippen LogP contribution in [0.2, 0.25) is 0 Å². The molecule has 1 aromatic carbocycles. The van der Waals surface area contributed by atoms with Gasteiger partial charge < -0.3 is 19.5 Å². The fourth-order valence-corrected chi connectivity index (χ4v) is 2.49. The minimum absolute atomic E-state index is 0.0835. The van der Waals surface area contributed by atoms with E-state index in [-0.39, 0.29) is 18.4 Å². The average Bonchev–Trinajstić information content (AvgIpc) is 3.20. The van der Waals surface area contributed by atoms with Crippen LogP contribution in [0, 0.1) is 0 Å². The van der Waals surface area contributed by atoms with Gasteiger partial charge in [0.05, 0.1) is 6.54 Å². The Morgan fingerprint density at radius 3 is 2.75 bits per heavy atom. The summed E-state index contributed by atoms with van der Waals surface area (Å²) in [5.41, 5.74) is 0.858. The van der Waals surface area contributed by atoms with Gasteiger partial charge in [0.2, 0.25) is 5.91 Å². The quantitative estimate of drug-likeness (QED) is 0.840. The van der Waals surface area contributed by atoms with Gasteiger partial charge in [-0.15, -0.1) is 10.2 Å². The smallest absolute Gasteiger partial charge is 0.258 e. The summed E-state index contributed by atoms with van der Waals surface area (Å²) >= 11 is 0. The van der Waals surface area contributed by atoms with Crippen LogP contribution >= 0.6 is 0 Å². The number of carbonyl (C=O) groups is 2. The molecular formula is C16H19N5O3. The molecule has 1 aliphatic heterocycles. The number of hydrogen-bond donors (Lipinski definition) is 1. The van der Waals surface area contributed by atoms with Crippen molar-refractivity contribution >= 4 is 17.5 Å². The number of nitrogens with zero attached hydrogens (tertiary/aromatic N) is 4. The SMILES string of the molecule is Cn1cnnc1CNC(=O)COc1ccc(N2CCCC2=O)cc1. The maximum Gasteiger partial charge on any atom is 0.258 e. The Balaban J connectivity index is 1.47. The number of aryl methyl sites for hydroxylation is 1. The highest BCUT2D eigenvalue weighted by molar-refractivity contribution is 5.95. The lowest BCUT2D eigenvalue weighted by atomic mass is 10.3. The second kappa shape index (κ2) is 7.12. The largest absolute Gasteiger partial charge is 0.484 e. The van der Waals surface area contributed by atoms with Gasteiger partial charge in [0, 0.05) is 25.7 Å². The van der Waals surface area contributed by atoms with E-state index in [1.165, 1.54) is 0 Å². The van der Waals surface area contributed by atoms with Crippen molar-refractivity contribution in [2.24, 2.45) is 7.05 Å². The maximum atomic E-state index is 11.8. The first kappa shape index (κ1) is 16.0. The number of aromatic nitrogens is 3. The minimum atomic E-state index is -0.239. The predicted molar refractivity (Wildman–Crippen MR) is 86.4 cm³/mol. The van der Waals surface area contributed by atoms with Crippen LogP contribution in [-0.2, 0) is 23.2 Å². The monoisotopic (exact) mass is 329 g/mol. The molecule has 1 N–H and O–H groups in total. The number of anilines is 1. The molecule has 0 bridgehead atoms. The average molecular weight is 329 g/mol. The molecule has 0 radical (unpaired) electrons. The van der Waals surface area contributed by atoms with E-state index < -0.39 is 0 Å². The van der Waals surface area contributed by atoms with Crippen LogP contribution in [0.3, 0.4) is 0 Å². The van der Waals surface area contributed by atoms with Crippen molar-refractivity contribution < 1.29 is 14.3 Å². The Kier molecular flexibility index (Phi) is 4.74. The van der Waals surface area contributed by atoms with Crippen molar-refractivity contribution in [3.05, 3.63) is 36.4 Å². The van der Waals surface area contributed by atoms with Crippen molar-refractivity contribution in [1.82, 2.24) is 20.1 Å². The molecule has 1 aliphatic rings. The van der Waals surface area contributed by atoms with Crippen molar-refractivity contribution in [3.63, 3.8) is 0 Å². The molecule has 0 unspecified atom stereocenters. The molecule has 1 fully saturated rings. The van der Waals surface area contributed by atoms with Crippen molar-refractivity contribution in [1.29, 1.82) is 0 Å². The third-order valence-electron chi connectivity index (χ3n) is 3.84. The van der Waals surface area contributed by atoms with Crippen LogP contribution in [0.4, 0.5) is 5.69 Å². The van der Waals surface area contributed by atoms with E-state index in [2.05, 4.69) is 15.5 Å². The van der Waals surface area contributed by atoms with Gasteiger partial charge in [-0.05, 0) is 30.7 Å². The van der Waals surface area contributed by atoms with E-state index in [0.29, 0.717) is 24.5 Å². The topological polar surface area (TPSA) is 89.3 Å². The maximum absolute atomic E-state index is 11.8.